The van der Waals surface area contributed by atoms with Crippen LogP contribution < -0.4 is 10.1 Å². The van der Waals surface area contributed by atoms with Gasteiger partial charge in [-0.05, 0) is 30.7 Å². The third kappa shape index (κ3) is 2.20. The van der Waals surface area contributed by atoms with Gasteiger partial charge in [-0.3, -0.25) is 4.79 Å². The smallest absolute Gasteiger partial charge is 0.252 e. The van der Waals surface area contributed by atoms with Crippen molar-refractivity contribution >= 4 is 5.91 Å². The van der Waals surface area contributed by atoms with Crippen molar-refractivity contribution in [2.75, 3.05) is 6.61 Å². The van der Waals surface area contributed by atoms with E-state index in [9.17, 15) is 9.90 Å². The van der Waals surface area contributed by atoms with Crippen molar-refractivity contribution in [2.24, 2.45) is 0 Å². The summed E-state index contributed by atoms with van der Waals surface area (Å²) < 4.78 is 5.53. The van der Waals surface area contributed by atoms with Crippen molar-refractivity contribution in [1.82, 2.24) is 5.32 Å². The van der Waals surface area contributed by atoms with Gasteiger partial charge in [-0.25, -0.2) is 0 Å². The molecule has 2 aromatic rings. The number of nitrogens with one attached hydrogen (secondary N) is 1. The number of benzene rings is 2. The third-order valence-corrected chi connectivity index (χ3v) is 3.48. The Morgan fingerprint density at radius 3 is 2.90 bits per heavy atom. The minimum absolute atomic E-state index is 0.126. The first-order valence-corrected chi connectivity index (χ1v) is 6.47. The van der Waals surface area contributed by atoms with Gasteiger partial charge in [0, 0.05) is 11.1 Å². The molecule has 1 aliphatic rings. The highest BCUT2D eigenvalue weighted by Crippen LogP contribution is 2.31. The number of aromatic hydroxyl groups is 1. The normalized spacial score (nSPS) is 16.4. The van der Waals surface area contributed by atoms with Crippen LogP contribution in [0.1, 0.15) is 27.5 Å². The Hall–Kier alpha value is -2.49. The minimum atomic E-state index is -0.217. The maximum atomic E-state index is 12.2. The van der Waals surface area contributed by atoms with E-state index in [1.54, 1.807) is 19.1 Å². The van der Waals surface area contributed by atoms with Gasteiger partial charge in [0.2, 0.25) is 0 Å². The zero-order valence-corrected chi connectivity index (χ0v) is 11.1. The van der Waals surface area contributed by atoms with Crippen LogP contribution in [0.5, 0.6) is 11.5 Å². The number of ether oxygens (including phenoxy) is 1. The molecular weight excluding hydrogens is 254 g/mol. The predicted molar refractivity (Wildman–Crippen MR) is 75.0 cm³/mol. The molecule has 20 heavy (non-hydrogen) atoms. The van der Waals surface area contributed by atoms with E-state index in [-0.39, 0.29) is 17.7 Å². The molecule has 0 fully saturated rings. The van der Waals surface area contributed by atoms with Crippen LogP contribution in [0, 0.1) is 6.92 Å². The maximum Gasteiger partial charge on any atom is 0.252 e. The second-order valence-electron chi connectivity index (χ2n) is 4.88. The zero-order valence-electron chi connectivity index (χ0n) is 11.1. The molecule has 1 unspecified atom stereocenters. The van der Waals surface area contributed by atoms with Gasteiger partial charge < -0.3 is 15.2 Å². The van der Waals surface area contributed by atoms with Gasteiger partial charge in [0.05, 0.1) is 6.04 Å². The fourth-order valence-corrected chi connectivity index (χ4v) is 2.27. The average Bonchev–Trinajstić information content (AvgIpc) is 2.85. The Balaban J connectivity index is 1.79. The summed E-state index contributed by atoms with van der Waals surface area (Å²) in [7, 11) is 0. The van der Waals surface area contributed by atoms with E-state index in [2.05, 4.69) is 5.32 Å². The Morgan fingerprint density at radius 1 is 1.30 bits per heavy atom. The molecule has 1 amide bonds. The number of hydrogen-bond acceptors (Lipinski definition) is 3. The van der Waals surface area contributed by atoms with Gasteiger partial charge in [0.25, 0.3) is 5.91 Å². The van der Waals surface area contributed by atoms with Crippen LogP contribution in [0.3, 0.4) is 0 Å². The summed E-state index contributed by atoms with van der Waals surface area (Å²) in [5, 5.41) is 12.6. The van der Waals surface area contributed by atoms with E-state index in [4.69, 9.17) is 4.74 Å². The first-order chi connectivity index (χ1) is 9.65. The molecule has 0 radical (unpaired) electrons. The summed E-state index contributed by atoms with van der Waals surface area (Å²) >= 11 is 0. The van der Waals surface area contributed by atoms with Crippen molar-refractivity contribution in [2.45, 2.75) is 13.0 Å². The molecular formula is C16H15NO3. The number of carbonyl (C=O) groups excluding carboxylic acids is 1. The highest BCUT2D eigenvalue weighted by Gasteiger charge is 2.25. The molecule has 0 aromatic heterocycles. The molecule has 0 spiro atoms. The standard InChI is InChI=1S/C16H15NO3/c1-10-6-7-11(8-14(10)18)16(19)17-13-9-20-15-5-3-2-4-12(13)15/h2-8,13,18H,9H2,1H3,(H,17,19). The van der Waals surface area contributed by atoms with Gasteiger partial charge in [0.1, 0.15) is 18.1 Å². The Bertz CT molecular complexity index is 667. The number of fused-ring (bicyclic) bond motifs is 1. The zero-order chi connectivity index (χ0) is 14.1. The molecule has 0 saturated carbocycles. The Kier molecular flexibility index (Phi) is 3.06. The molecule has 3 rings (SSSR count). The number of carbonyl (C=O) groups is 1. The van der Waals surface area contributed by atoms with Crippen LogP contribution in [0.25, 0.3) is 0 Å². The summed E-state index contributed by atoms with van der Waals surface area (Å²) in [5.74, 6) is 0.718. The van der Waals surface area contributed by atoms with Crippen LogP contribution in [-0.2, 0) is 0 Å². The number of aryl methyl sites for hydroxylation is 1. The lowest BCUT2D eigenvalue weighted by molar-refractivity contribution is 0.0930. The van der Waals surface area contributed by atoms with Gasteiger partial charge in [-0.1, -0.05) is 24.3 Å². The van der Waals surface area contributed by atoms with E-state index in [0.29, 0.717) is 12.2 Å². The fraction of sp³-hybridized carbons (Fsp3) is 0.188. The lowest BCUT2D eigenvalue weighted by atomic mass is 10.1. The summed E-state index contributed by atoms with van der Waals surface area (Å²) in [5.41, 5.74) is 2.17. The molecule has 2 N–H and O–H groups in total. The second kappa shape index (κ2) is 4.89. The van der Waals surface area contributed by atoms with Crippen LogP contribution in [-0.4, -0.2) is 17.6 Å². The van der Waals surface area contributed by atoms with Crippen molar-refractivity contribution in [1.29, 1.82) is 0 Å². The van der Waals surface area contributed by atoms with Crippen molar-refractivity contribution in [3.63, 3.8) is 0 Å². The van der Waals surface area contributed by atoms with E-state index >= 15 is 0 Å². The average molecular weight is 269 g/mol. The minimum Gasteiger partial charge on any atom is -0.508 e. The van der Waals surface area contributed by atoms with Gasteiger partial charge in [-0.15, -0.1) is 0 Å². The largest absolute Gasteiger partial charge is 0.508 e. The number of phenols is 1. The lowest BCUT2D eigenvalue weighted by Gasteiger charge is -2.12. The predicted octanol–water partition coefficient (Wildman–Crippen LogP) is 2.56. The first-order valence-electron chi connectivity index (χ1n) is 6.47. The highest BCUT2D eigenvalue weighted by atomic mass is 16.5. The van der Waals surface area contributed by atoms with E-state index in [0.717, 1.165) is 16.9 Å². The summed E-state index contributed by atoms with van der Waals surface area (Å²) in [6.07, 6.45) is 0. The topological polar surface area (TPSA) is 58.6 Å². The van der Waals surface area contributed by atoms with Crippen LogP contribution >= 0.6 is 0 Å². The number of phenolic OH excluding ortho intramolecular Hbond substituents is 1. The van der Waals surface area contributed by atoms with Crippen molar-refractivity contribution in [3.05, 3.63) is 59.2 Å². The monoisotopic (exact) mass is 269 g/mol. The quantitative estimate of drug-likeness (QED) is 0.881. The lowest BCUT2D eigenvalue weighted by Crippen LogP contribution is -2.29. The SMILES string of the molecule is Cc1ccc(C(=O)NC2COc3ccccc32)cc1O. The highest BCUT2D eigenvalue weighted by molar-refractivity contribution is 5.95. The van der Waals surface area contributed by atoms with Crippen LogP contribution in [0.15, 0.2) is 42.5 Å². The fourth-order valence-electron chi connectivity index (χ4n) is 2.27. The molecule has 0 saturated heterocycles. The van der Waals surface area contributed by atoms with Crippen LogP contribution in [0.2, 0.25) is 0 Å². The van der Waals surface area contributed by atoms with E-state index < -0.39 is 0 Å². The van der Waals surface area contributed by atoms with Crippen molar-refractivity contribution in [3.8, 4) is 11.5 Å². The molecule has 2 aromatic carbocycles. The van der Waals surface area contributed by atoms with Gasteiger partial charge in [0.15, 0.2) is 0 Å². The number of hydrogen-bond donors (Lipinski definition) is 2. The van der Waals surface area contributed by atoms with E-state index in [1.165, 1.54) is 6.07 Å². The Morgan fingerprint density at radius 2 is 2.10 bits per heavy atom. The third-order valence-electron chi connectivity index (χ3n) is 3.48. The molecule has 1 aliphatic heterocycles. The molecule has 4 nitrogen and oxygen atoms in total. The molecule has 1 heterocycles. The number of amides is 1. The number of para-hydroxylation sites is 1. The number of rotatable bonds is 2. The summed E-state index contributed by atoms with van der Waals surface area (Å²) in [4.78, 5) is 12.2. The molecule has 0 aliphatic carbocycles. The Labute approximate surface area is 117 Å². The van der Waals surface area contributed by atoms with Gasteiger partial charge >= 0.3 is 0 Å². The van der Waals surface area contributed by atoms with Gasteiger partial charge in [-0.2, -0.15) is 0 Å². The molecule has 102 valence electrons. The first kappa shape index (κ1) is 12.5. The molecule has 0 bridgehead atoms. The van der Waals surface area contributed by atoms with Crippen molar-refractivity contribution < 1.29 is 14.6 Å². The van der Waals surface area contributed by atoms with E-state index in [1.807, 2.05) is 24.3 Å². The summed E-state index contributed by atoms with van der Waals surface area (Å²) in [6, 6.07) is 12.4. The summed E-state index contributed by atoms with van der Waals surface area (Å²) in [6.45, 7) is 2.22. The second-order valence-corrected chi connectivity index (χ2v) is 4.88. The molecule has 1 atom stereocenters. The van der Waals surface area contributed by atoms with Crippen LogP contribution in [0.4, 0.5) is 0 Å². The maximum absolute atomic E-state index is 12.2. The molecule has 4 heteroatoms.